The summed E-state index contributed by atoms with van der Waals surface area (Å²) in [5.74, 6) is 0. The molecule has 402 valence electrons. The molecule has 0 saturated heterocycles. The number of rotatable bonds is 10. The molecular weight excluding hydrogens is 1040 g/mol. The topological polar surface area (TPSA) is 19.4 Å². The van der Waals surface area contributed by atoms with Gasteiger partial charge in [0.1, 0.15) is 0 Å². The van der Waals surface area contributed by atoms with Gasteiger partial charge < -0.3 is 29.4 Å². The first kappa shape index (κ1) is 49.4. The van der Waals surface area contributed by atoms with Crippen molar-refractivity contribution in [2.24, 2.45) is 0 Å². The van der Waals surface area contributed by atoms with Gasteiger partial charge in [-0.05, 0) is 178 Å². The zero-order chi connectivity index (χ0) is 56.7. The zero-order valence-electron chi connectivity index (χ0n) is 47.0. The van der Waals surface area contributed by atoms with E-state index in [9.17, 15) is 0 Å². The standard InChI is InChI=1S/C78H54B2N6/c1-9-29-55(30-10-1)81(56-31-11-2-12-32-56)63-49-73-77-75(51-63)85(61-41-21-7-22-42-61)71-53-68-72(54-67(71)79(77)65-45-25-27-47-69(65)83(73)59-37-17-5-18-38-59)86(62-43-23-8-24-44-62)76-52-64(82(57-33-13-3-14-34-57)58-35-15-4-16-36-58)50-74-78(76)80(68)66-46-26-28-48-70(66)84(74)60-39-19-6-20-40-60/h1-54H. The lowest BCUT2D eigenvalue weighted by atomic mass is 9.31. The molecule has 17 rings (SSSR count). The van der Waals surface area contributed by atoms with Crippen molar-refractivity contribution < 1.29 is 0 Å². The molecule has 13 aromatic carbocycles. The first-order valence-corrected chi connectivity index (χ1v) is 29.7. The maximum absolute atomic E-state index is 2.59. The highest BCUT2D eigenvalue weighted by atomic mass is 15.2. The molecule has 4 aliphatic rings. The van der Waals surface area contributed by atoms with Crippen LogP contribution in [0.1, 0.15) is 0 Å². The molecule has 0 atom stereocenters. The van der Waals surface area contributed by atoms with E-state index in [1.165, 1.54) is 32.8 Å². The normalized spacial score (nSPS) is 13.0. The highest BCUT2D eigenvalue weighted by molar-refractivity contribution is 7.02. The van der Waals surface area contributed by atoms with E-state index in [4.69, 9.17) is 0 Å². The van der Waals surface area contributed by atoms with Crippen LogP contribution in [0.4, 0.5) is 102 Å². The van der Waals surface area contributed by atoms with E-state index >= 15 is 0 Å². The Morgan fingerprint density at radius 2 is 0.419 bits per heavy atom. The fourth-order valence-corrected chi connectivity index (χ4v) is 14.2. The van der Waals surface area contributed by atoms with E-state index in [0.717, 1.165) is 102 Å². The van der Waals surface area contributed by atoms with Gasteiger partial charge in [-0.2, -0.15) is 0 Å². The van der Waals surface area contributed by atoms with Gasteiger partial charge in [0.2, 0.25) is 0 Å². The van der Waals surface area contributed by atoms with Gasteiger partial charge in [0.05, 0.1) is 11.4 Å². The molecule has 0 radical (unpaired) electrons. The molecule has 0 saturated carbocycles. The van der Waals surface area contributed by atoms with Crippen LogP contribution in [0.15, 0.2) is 328 Å². The van der Waals surface area contributed by atoms with Crippen LogP contribution in [0.5, 0.6) is 0 Å². The minimum atomic E-state index is -0.160. The molecule has 0 aromatic heterocycles. The van der Waals surface area contributed by atoms with E-state index in [-0.39, 0.29) is 13.4 Å². The van der Waals surface area contributed by atoms with Crippen molar-refractivity contribution >= 4 is 149 Å². The van der Waals surface area contributed by atoms with E-state index in [1.54, 1.807) is 0 Å². The van der Waals surface area contributed by atoms with Crippen molar-refractivity contribution in [2.75, 3.05) is 29.4 Å². The number of fused-ring (bicyclic) bond motifs is 8. The molecule has 4 aliphatic heterocycles. The van der Waals surface area contributed by atoms with Gasteiger partial charge in [0.15, 0.2) is 0 Å². The SMILES string of the molecule is c1ccc(N(c2ccccc2)c2cc3c4c(c2)N(c2ccccc2)c2cc5c(cc2B4c2ccccc2N3c2ccccc2)N(c2ccccc2)c2cc(N(c3ccccc3)c3ccccc3)cc3c2B5c2ccccc2N3c2ccccc2)cc1. The third-order valence-corrected chi connectivity index (χ3v) is 17.7. The van der Waals surface area contributed by atoms with Crippen LogP contribution in [0.2, 0.25) is 0 Å². The Bertz CT molecular complexity index is 4300. The smallest absolute Gasteiger partial charge is 0.252 e. The second-order valence-corrected chi connectivity index (χ2v) is 22.4. The Balaban J connectivity index is 0.995. The molecule has 86 heavy (non-hydrogen) atoms. The molecule has 0 fully saturated rings. The van der Waals surface area contributed by atoms with Gasteiger partial charge in [-0.15, -0.1) is 0 Å². The molecule has 0 spiro atoms. The Labute approximate surface area is 502 Å². The van der Waals surface area contributed by atoms with Crippen molar-refractivity contribution in [3.63, 3.8) is 0 Å². The summed E-state index contributed by atoms with van der Waals surface area (Å²) in [7, 11) is 0. The lowest BCUT2D eigenvalue weighted by Gasteiger charge is -2.47. The van der Waals surface area contributed by atoms with E-state index in [2.05, 4.69) is 357 Å². The summed E-state index contributed by atoms with van der Waals surface area (Å²) in [4.78, 5) is 15.0. The van der Waals surface area contributed by atoms with Gasteiger partial charge in [-0.3, -0.25) is 0 Å². The Morgan fingerprint density at radius 3 is 0.698 bits per heavy atom. The summed E-state index contributed by atoms with van der Waals surface area (Å²) < 4.78 is 0. The molecule has 0 N–H and O–H groups in total. The number of para-hydroxylation sites is 10. The van der Waals surface area contributed by atoms with Crippen LogP contribution < -0.4 is 62.2 Å². The first-order valence-electron chi connectivity index (χ1n) is 29.7. The predicted molar refractivity (Wildman–Crippen MR) is 364 cm³/mol. The maximum Gasteiger partial charge on any atom is 0.252 e. The fraction of sp³-hybridized carbons (Fsp3) is 0. The van der Waals surface area contributed by atoms with Gasteiger partial charge in [-0.25, -0.2) is 0 Å². The highest BCUT2D eigenvalue weighted by Gasteiger charge is 2.49. The van der Waals surface area contributed by atoms with E-state index in [1.807, 2.05) is 0 Å². The van der Waals surface area contributed by atoms with Crippen LogP contribution >= 0.6 is 0 Å². The number of hydrogen-bond acceptors (Lipinski definition) is 6. The van der Waals surface area contributed by atoms with Crippen LogP contribution in [0.3, 0.4) is 0 Å². The monoisotopic (exact) mass is 1100 g/mol. The van der Waals surface area contributed by atoms with Crippen molar-refractivity contribution in [2.45, 2.75) is 0 Å². The minimum absolute atomic E-state index is 0.160. The number of benzene rings is 13. The molecule has 6 nitrogen and oxygen atoms in total. The molecule has 4 heterocycles. The summed E-state index contributed by atoms with van der Waals surface area (Å²) in [6.45, 7) is -0.320. The summed E-state index contributed by atoms with van der Waals surface area (Å²) in [5, 5.41) is 0. The summed E-state index contributed by atoms with van der Waals surface area (Å²) in [6.07, 6.45) is 0. The van der Waals surface area contributed by atoms with Gasteiger partial charge in [-0.1, -0.05) is 182 Å². The van der Waals surface area contributed by atoms with Crippen LogP contribution in [-0.4, -0.2) is 13.4 Å². The number of hydrogen-bond donors (Lipinski definition) is 0. The van der Waals surface area contributed by atoms with Crippen molar-refractivity contribution in [1.82, 2.24) is 0 Å². The molecular formula is C78H54B2N6. The average Bonchev–Trinajstić information content (AvgIpc) is 0.760. The molecule has 13 aromatic rings. The first-order chi connectivity index (χ1) is 42.7. The maximum atomic E-state index is 2.59. The van der Waals surface area contributed by atoms with Crippen molar-refractivity contribution in [3.05, 3.63) is 328 Å². The Hall–Kier alpha value is -11.2. The van der Waals surface area contributed by atoms with Crippen LogP contribution in [-0.2, 0) is 0 Å². The molecule has 0 amide bonds. The number of anilines is 18. The van der Waals surface area contributed by atoms with Crippen LogP contribution in [0.25, 0.3) is 0 Å². The summed E-state index contributed by atoms with van der Waals surface area (Å²) >= 11 is 0. The quantitative estimate of drug-likeness (QED) is 0.126. The van der Waals surface area contributed by atoms with Crippen molar-refractivity contribution in [3.8, 4) is 0 Å². The molecule has 0 unspecified atom stereocenters. The zero-order valence-corrected chi connectivity index (χ0v) is 47.0. The molecule has 8 heteroatoms. The Kier molecular flexibility index (Phi) is 11.7. The van der Waals surface area contributed by atoms with Gasteiger partial charge in [0.25, 0.3) is 13.4 Å². The Morgan fingerprint density at radius 1 is 0.186 bits per heavy atom. The highest BCUT2D eigenvalue weighted by Crippen LogP contribution is 2.52. The second kappa shape index (κ2) is 20.3. The predicted octanol–water partition coefficient (Wildman–Crippen LogP) is 16.8. The fourth-order valence-electron chi connectivity index (χ4n) is 14.2. The third kappa shape index (κ3) is 7.84. The lowest BCUT2D eigenvalue weighted by Crippen LogP contribution is -2.64. The van der Waals surface area contributed by atoms with E-state index < -0.39 is 0 Å². The second-order valence-electron chi connectivity index (χ2n) is 22.4. The number of nitrogens with zero attached hydrogens (tertiary/aromatic N) is 6. The molecule has 0 bridgehead atoms. The largest absolute Gasteiger partial charge is 0.311 e. The molecule has 0 aliphatic carbocycles. The average molecular weight is 1100 g/mol. The van der Waals surface area contributed by atoms with Crippen molar-refractivity contribution in [1.29, 1.82) is 0 Å². The third-order valence-electron chi connectivity index (χ3n) is 17.7. The van der Waals surface area contributed by atoms with Crippen LogP contribution in [0, 0.1) is 0 Å². The summed E-state index contributed by atoms with van der Waals surface area (Å²) in [6, 6.07) is 121. The van der Waals surface area contributed by atoms with E-state index in [0.29, 0.717) is 0 Å². The minimum Gasteiger partial charge on any atom is -0.311 e. The lowest BCUT2D eigenvalue weighted by molar-refractivity contribution is 1.22. The van der Waals surface area contributed by atoms with Gasteiger partial charge in [0, 0.05) is 91.0 Å². The van der Waals surface area contributed by atoms with Gasteiger partial charge >= 0.3 is 0 Å². The summed E-state index contributed by atoms with van der Waals surface area (Å²) in [5.41, 5.74) is 27.5.